The van der Waals surface area contributed by atoms with Gasteiger partial charge in [0.25, 0.3) is 11.6 Å². The zero-order valence-electron chi connectivity index (χ0n) is 19.5. The summed E-state index contributed by atoms with van der Waals surface area (Å²) < 4.78 is 16.6. The maximum Gasteiger partial charge on any atom is 0.270 e. The number of non-ortho nitro benzene ring substituents is 1. The number of hydrogen-bond donors (Lipinski definition) is 1. The maximum absolute atomic E-state index is 13.1. The lowest BCUT2D eigenvalue weighted by Crippen LogP contribution is -2.23. The number of amides is 1. The molecule has 184 valence electrons. The Balaban J connectivity index is 1.42. The van der Waals surface area contributed by atoms with E-state index < -0.39 is 4.92 Å². The van der Waals surface area contributed by atoms with Crippen LogP contribution >= 0.6 is 11.3 Å². The smallest absolute Gasteiger partial charge is 0.270 e. The van der Waals surface area contributed by atoms with Crippen LogP contribution in [0.3, 0.4) is 0 Å². The quantitative estimate of drug-likeness (QED) is 0.176. The van der Waals surface area contributed by atoms with Crippen molar-refractivity contribution < 1.29 is 23.3 Å². The monoisotopic (exact) mass is 505 g/mol. The van der Waals surface area contributed by atoms with Gasteiger partial charge in [0.2, 0.25) is 0 Å². The molecule has 0 radical (unpaired) electrons. The van der Waals surface area contributed by atoms with Crippen LogP contribution in [0, 0.1) is 10.1 Å². The van der Waals surface area contributed by atoms with E-state index in [1.54, 1.807) is 30.7 Å². The number of hydrogen-bond acceptors (Lipinski definition) is 8. The van der Waals surface area contributed by atoms with Gasteiger partial charge in [-0.1, -0.05) is 0 Å². The van der Waals surface area contributed by atoms with Crippen molar-refractivity contribution in [1.29, 1.82) is 0 Å². The van der Waals surface area contributed by atoms with Gasteiger partial charge in [0, 0.05) is 17.0 Å². The standard InChI is InChI=1S/C26H23N3O6S/c1-33-21-10-8-16(29(31)32)13-20(21)22-11-9-18(35-22)15-28-26-24(19-6-2-3-7-23(19)36-26)25(30)27-14-17-5-4-12-34-17/h4-5,8-13,15H,2-3,6-7,14H2,1H3,(H,27,30)/b28-15-. The van der Waals surface area contributed by atoms with Gasteiger partial charge in [-0.2, -0.15) is 0 Å². The fourth-order valence-electron chi connectivity index (χ4n) is 4.24. The molecule has 1 amide bonds. The van der Waals surface area contributed by atoms with Gasteiger partial charge in [-0.05, 0) is 61.6 Å². The van der Waals surface area contributed by atoms with Crippen LogP contribution in [0.1, 0.15) is 45.2 Å². The van der Waals surface area contributed by atoms with Crippen molar-refractivity contribution in [1.82, 2.24) is 5.32 Å². The Hall–Kier alpha value is -4.18. The molecule has 1 N–H and O–H groups in total. The average molecular weight is 506 g/mol. The molecule has 0 unspecified atom stereocenters. The molecule has 0 fully saturated rings. The zero-order chi connectivity index (χ0) is 25.1. The van der Waals surface area contributed by atoms with Gasteiger partial charge in [-0.3, -0.25) is 14.9 Å². The second-order valence-electron chi connectivity index (χ2n) is 8.26. The predicted molar refractivity (Wildman–Crippen MR) is 135 cm³/mol. The number of nitro benzene ring substituents is 1. The van der Waals surface area contributed by atoms with Gasteiger partial charge in [0.1, 0.15) is 28.0 Å². The van der Waals surface area contributed by atoms with Crippen LogP contribution in [0.5, 0.6) is 5.75 Å². The molecule has 3 aromatic heterocycles. The molecular formula is C26H23N3O6S. The van der Waals surface area contributed by atoms with Gasteiger partial charge >= 0.3 is 0 Å². The van der Waals surface area contributed by atoms with Crippen molar-refractivity contribution >= 4 is 34.1 Å². The third-order valence-corrected chi connectivity index (χ3v) is 7.18. The molecule has 4 aromatic rings. The Morgan fingerprint density at radius 2 is 2.11 bits per heavy atom. The summed E-state index contributed by atoms with van der Waals surface area (Å²) in [7, 11) is 1.49. The van der Waals surface area contributed by atoms with E-state index in [4.69, 9.17) is 13.6 Å². The number of methoxy groups -OCH3 is 1. The van der Waals surface area contributed by atoms with Crippen LogP contribution in [-0.4, -0.2) is 24.2 Å². The Bertz CT molecular complexity index is 1430. The molecule has 1 aliphatic rings. The summed E-state index contributed by atoms with van der Waals surface area (Å²) in [6, 6.07) is 11.4. The van der Waals surface area contributed by atoms with E-state index in [1.807, 2.05) is 6.07 Å². The molecule has 3 heterocycles. The molecule has 1 aliphatic carbocycles. The van der Waals surface area contributed by atoms with Crippen molar-refractivity contribution in [3.05, 3.63) is 86.4 Å². The van der Waals surface area contributed by atoms with E-state index >= 15 is 0 Å². The summed E-state index contributed by atoms with van der Waals surface area (Å²) in [4.78, 5) is 29.7. The SMILES string of the molecule is COc1ccc([N+](=O)[O-])cc1-c1ccc(/C=N\c2sc3c(c2C(=O)NCc2ccco2)CCCC3)o1. The van der Waals surface area contributed by atoms with E-state index in [2.05, 4.69) is 10.3 Å². The van der Waals surface area contributed by atoms with E-state index in [1.165, 1.54) is 41.5 Å². The lowest BCUT2D eigenvalue weighted by Gasteiger charge is -2.12. The first-order chi connectivity index (χ1) is 17.5. The molecule has 0 atom stereocenters. The van der Waals surface area contributed by atoms with Gasteiger partial charge in [-0.25, -0.2) is 4.99 Å². The Morgan fingerprint density at radius 1 is 1.25 bits per heavy atom. The van der Waals surface area contributed by atoms with Gasteiger partial charge in [0.15, 0.2) is 0 Å². The van der Waals surface area contributed by atoms with Crippen LogP contribution in [0.25, 0.3) is 11.3 Å². The molecule has 5 rings (SSSR count). The van der Waals surface area contributed by atoms with Crippen LogP contribution in [0.4, 0.5) is 10.7 Å². The Morgan fingerprint density at radius 3 is 2.89 bits per heavy atom. The zero-order valence-corrected chi connectivity index (χ0v) is 20.3. The third-order valence-electron chi connectivity index (χ3n) is 5.98. The second-order valence-corrected chi connectivity index (χ2v) is 9.34. The number of aliphatic imine (C=N–C) groups is 1. The minimum atomic E-state index is -0.467. The number of nitro groups is 1. The van der Waals surface area contributed by atoms with Gasteiger partial charge < -0.3 is 18.9 Å². The van der Waals surface area contributed by atoms with Crippen molar-refractivity contribution in [3.63, 3.8) is 0 Å². The van der Waals surface area contributed by atoms with E-state index in [0.717, 1.165) is 31.2 Å². The van der Waals surface area contributed by atoms with Crippen LogP contribution < -0.4 is 10.1 Å². The number of nitrogens with zero attached hydrogens (tertiary/aromatic N) is 2. The number of benzene rings is 1. The number of fused-ring (bicyclic) bond motifs is 1. The molecule has 0 bridgehead atoms. The first-order valence-corrected chi connectivity index (χ1v) is 12.3. The molecule has 0 aliphatic heterocycles. The molecule has 9 nitrogen and oxygen atoms in total. The van der Waals surface area contributed by atoms with Gasteiger partial charge in [-0.15, -0.1) is 11.3 Å². The van der Waals surface area contributed by atoms with Crippen molar-refractivity contribution in [2.75, 3.05) is 7.11 Å². The highest BCUT2D eigenvalue weighted by Gasteiger charge is 2.25. The summed E-state index contributed by atoms with van der Waals surface area (Å²) in [5, 5.41) is 14.8. The van der Waals surface area contributed by atoms with Crippen LogP contribution in [0.2, 0.25) is 0 Å². The topological polar surface area (TPSA) is 120 Å². The predicted octanol–water partition coefficient (Wildman–Crippen LogP) is 6.08. The highest BCUT2D eigenvalue weighted by atomic mass is 32.1. The van der Waals surface area contributed by atoms with Crippen molar-refractivity contribution in [2.24, 2.45) is 4.99 Å². The molecule has 0 saturated carbocycles. The van der Waals surface area contributed by atoms with E-state index in [9.17, 15) is 14.9 Å². The Kier molecular flexibility index (Phi) is 6.68. The molecule has 1 aromatic carbocycles. The lowest BCUT2D eigenvalue weighted by molar-refractivity contribution is -0.384. The first kappa shape index (κ1) is 23.6. The minimum absolute atomic E-state index is 0.0632. The fraction of sp³-hybridized carbons (Fsp3) is 0.231. The highest BCUT2D eigenvalue weighted by molar-refractivity contribution is 7.16. The molecule has 0 spiro atoms. The van der Waals surface area contributed by atoms with Crippen molar-refractivity contribution in [2.45, 2.75) is 32.2 Å². The number of furan rings is 2. The van der Waals surface area contributed by atoms with Gasteiger partial charge in [0.05, 0.1) is 42.2 Å². The van der Waals surface area contributed by atoms with Crippen LogP contribution in [0.15, 0.2) is 62.6 Å². The summed E-state index contributed by atoms with van der Waals surface area (Å²) in [6.07, 6.45) is 7.06. The largest absolute Gasteiger partial charge is 0.496 e. The summed E-state index contributed by atoms with van der Waals surface area (Å²) in [6.45, 7) is 0.298. The number of rotatable bonds is 8. The first-order valence-electron chi connectivity index (χ1n) is 11.5. The number of nitrogens with one attached hydrogen (secondary N) is 1. The number of carbonyl (C=O) groups is 1. The molecule has 10 heteroatoms. The van der Waals surface area contributed by atoms with Crippen LogP contribution in [-0.2, 0) is 19.4 Å². The third kappa shape index (κ3) is 4.80. The molecular weight excluding hydrogens is 482 g/mol. The fourth-order valence-corrected chi connectivity index (χ4v) is 5.47. The number of aryl methyl sites for hydroxylation is 1. The number of carbonyl (C=O) groups excluding carboxylic acids is 1. The summed E-state index contributed by atoms with van der Waals surface area (Å²) in [5.74, 6) is 1.82. The van der Waals surface area contributed by atoms with E-state index in [-0.39, 0.29) is 11.6 Å². The summed E-state index contributed by atoms with van der Waals surface area (Å²) >= 11 is 1.53. The normalized spacial score (nSPS) is 13.0. The molecule has 0 saturated heterocycles. The highest BCUT2D eigenvalue weighted by Crippen LogP contribution is 2.40. The van der Waals surface area contributed by atoms with Crippen molar-refractivity contribution in [3.8, 4) is 17.1 Å². The minimum Gasteiger partial charge on any atom is -0.496 e. The lowest BCUT2D eigenvalue weighted by atomic mass is 9.95. The second kappa shape index (κ2) is 10.2. The Labute approximate surface area is 210 Å². The summed E-state index contributed by atoms with van der Waals surface area (Å²) in [5.41, 5.74) is 2.07. The average Bonchev–Trinajstić information content (AvgIpc) is 3.65. The number of ether oxygens (including phenoxy) is 1. The van der Waals surface area contributed by atoms with E-state index in [0.29, 0.717) is 45.7 Å². The maximum atomic E-state index is 13.1. The number of thiophene rings is 1. The molecule has 36 heavy (non-hydrogen) atoms.